The van der Waals surface area contributed by atoms with Gasteiger partial charge in [0.05, 0.1) is 17.7 Å². The molecule has 2 aliphatic heterocycles. The van der Waals surface area contributed by atoms with Crippen molar-refractivity contribution >= 4 is 46.1 Å². The summed E-state index contributed by atoms with van der Waals surface area (Å²) < 4.78 is 7.38. The number of nitrogens with zero attached hydrogens (tertiary/aromatic N) is 4. The molecule has 0 aliphatic carbocycles. The Labute approximate surface area is 202 Å². The van der Waals surface area contributed by atoms with Crippen LogP contribution in [0.15, 0.2) is 32.5 Å². The lowest BCUT2D eigenvalue weighted by Crippen LogP contribution is -2.42. The number of hydrogen-bond donors (Lipinski definition) is 0. The molecule has 0 aromatic carbocycles. The zero-order chi connectivity index (χ0) is 23.9. The Balaban J connectivity index is 1.81. The van der Waals surface area contributed by atoms with E-state index in [1.165, 1.54) is 16.7 Å². The Morgan fingerprint density at radius 1 is 1.30 bits per heavy atom. The van der Waals surface area contributed by atoms with Gasteiger partial charge in [-0.05, 0) is 49.0 Å². The number of carbonyl (C=O) groups excluding carboxylic acids is 1. The molecule has 2 aromatic rings. The molecule has 0 spiro atoms. The van der Waals surface area contributed by atoms with E-state index in [-0.39, 0.29) is 23.6 Å². The largest absolute Gasteiger partial charge is 0.467 e. The summed E-state index contributed by atoms with van der Waals surface area (Å²) in [7, 11) is 1.70. The highest BCUT2D eigenvalue weighted by Crippen LogP contribution is 2.37. The topological polar surface area (TPSA) is 82.5 Å². The minimum absolute atomic E-state index is 0.0941. The number of thiocarbonyl (C=S) groups is 1. The van der Waals surface area contributed by atoms with Crippen molar-refractivity contribution in [3.63, 3.8) is 0 Å². The third kappa shape index (κ3) is 4.37. The highest BCUT2D eigenvalue weighted by Gasteiger charge is 2.34. The van der Waals surface area contributed by atoms with E-state index in [0.29, 0.717) is 37.9 Å². The number of aromatic nitrogens is 1. The van der Waals surface area contributed by atoms with Gasteiger partial charge in [-0.25, -0.2) is 0 Å². The monoisotopic (exact) mass is 482 g/mol. The Hall–Kier alpha value is -2.83. The van der Waals surface area contributed by atoms with Crippen molar-refractivity contribution in [3.05, 3.63) is 56.1 Å². The van der Waals surface area contributed by atoms with Crippen LogP contribution in [0.5, 0.6) is 0 Å². The van der Waals surface area contributed by atoms with Gasteiger partial charge < -0.3 is 9.32 Å². The molecule has 2 aromatic heterocycles. The Kier molecular flexibility index (Phi) is 6.50. The van der Waals surface area contributed by atoms with Crippen LogP contribution in [0.1, 0.15) is 42.7 Å². The van der Waals surface area contributed by atoms with E-state index in [0.717, 1.165) is 25.3 Å². The van der Waals surface area contributed by atoms with Crippen molar-refractivity contribution in [3.8, 4) is 6.07 Å². The maximum Gasteiger partial charge on any atom is 0.270 e. The van der Waals surface area contributed by atoms with Gasteiger partial charge >= 0.3 is 0 Å². The van der Waals surface area contributed by atoms with Crippen LogP contribution < -0.4 is 10.5 Å². The molecule has 4 rings (SSSR count). The molecule has 0 N–H and O–H groups in total. The van der Waals surface area contributed by atoms with E-state index in [1.54, 1.807) is 43.0 Å². The Bertz CT molecular complexity index is 1230. The van der Waals surface area contributed by atoms with E-state index in [9.17, 15) is 14.9 Å². The number of furan rings is 1. The van der Waals surface area contributed by atoms with E-state index < -0.39 is 0 Å². The van der Waals surface area contributed by atoms with E-state index in [4.69, 9.17) is 16.6 Å². The average molecular weight is 483 g/mol. The minimum Gasteiger partial charge on any atom is -0.467 e. The molecule has 1 amide bonds. The molecule has 172 valence electrons. The van der Waals surface area contributed by atoms with Crippen LogP contribution in [0, 0.1) is 30.1 Å². The van der Waals surface area contributed by atoms with Crippen molar-refractivity contribution in [2.45, 2.75) is 33.7 Å². The van der Waals surface area contributed by atoms with Gasteiger partial charge in [-0.1, -0.05) is 37.8 Å². The molecule has 2 aliphatic rings. The first-order chi connectivity index (χ1) is 15.7. The van der Waals surface area contributed by atoms with Crippen LogP contribution in [-0.2, 0) is 18.4 Å². The molecular formula is C24H26N4O3S2. The Morgan fingerprint density at radius 3 is 2.61 bits per heavy atom. The molecule has 0 bridgehead atoms. The van der Waals surface area contributed by atoms with E-state index >= 15 is 0 Å². The van der Waals surface area contributed by atoms with Crippen molar-refractivity contribution in [2.75, 3.05) is 18.0 Å². The predicted octanol–water partition coefficient (Wildman–Crippen LogP) is 4.04. The quantitative estimate of drug-likeness (QED) is 0.480. The molecular weight excluding hydrogens is 456 g/mol. The zero-order valence-corrected chi connectivity index (χ0v) is 20.8. The summed E-state index contributed by atoms with van der Waals surface area (Å²) in [6.45, 7) is 8.06. The number of anilines is 1. The summed E-state index contributed by atoms with van der Waals surface area (Å²) in [5.74, 6) is 2.12. The van der Waals surface area contributed by atoms with Crippen LogP contribution >= 0.6 is 24.0 Å². The van der Waals surface area contributed by atoms with Gasteiger partial charge in [0.1, 0.15) is 27.5 Å². The molecule has 2 fully saturated rings. The first-order valence-corrected chi connectivity index (χ1v) is 12.1. The number of thioether (sulfide) groups is 1. The number of pyridine rings is 1. The summed E-state index contributed by atoms with van der Waals surface area (Å²) in [5, 5.41) is 9.66. The summed E-state index contributed by atoms with van der Waals surface area (Å²) in [5.41, 5.74) is 1.07. The third-order valence-electron chi connectivity index (χ3n) is 6.18. The maximum atomic E-state index is 13.2. The van der Waals surface area contributed by atoms with Crippen molar-refractivity contribution < 1.29 is 9.21 Å². The number of amides is 1. The lowest BCUT2D eigenvalue weighted by molar-refractivity contribution is -0.122. The number of hydrogen-bond acceptors (Lipinski definition) is 7. The fourth-order valence-electron chi connectivity index (χ4n) is 4.76. The summed E-state index contributed by atoms with van der Waals surface area (Å²) >= 11 is 6.69. The first-order valence-electron chi connectivity index (χ1n) is 10.9. The van der Waals surface area contributed by atoms with Crippen molar-refractivity contribution in [2.24, 2.45) is 18.9 Å². The fraction of sp³-hybridized carbons (Fsp3) is 0.417. The molecule has 2 atom stereocenters. The second-order valence-electron chi connectivity index (χ2n) is 8.91. The molecule has 9 heteroatoms. The van der Waals surface area contributed by atoms with Gasteiger partial charge in [-0.2, -0.15) is 5.26 Å². The summed E-state index contributed by atoms with van der Waals surface area (Å²) in [6, 6.07) is 5.63. The highest BCUT2D eigenvalue weighted by molar-refractivity contribution is 8.26. The molecule has 2 unspecified atom stereocenters. The summed E-state index contributed by atoms with van der Waals surface area (Å²) in [4.78, 5) is 30.4. The lowest BCUT2D eigenvalue weighted by Gasteiger charge is -2.38. The Morgan fingerprint density at radius 2 is 2.00 bits per heavy atom. The van der Waals surface area contributed by atoms with Crippen LogP contribution in [0.2, 0.25) is 0 Å². The van der Waals surface area contributed by atoms with E-state index in [2.05, 4.69) is 24.8 Å². The number of piperidine rings is 1. The minimum atomic E-state index is -0.321. The van der Waals surface area contributed by atoms with Crippen LogP contribution in [0.25, 0.3) is 6.08 Å². The molecule has 0 saturated carbocycles. The van der Waals surface area contributed by atoms with Crippen molar-refractivity contribution in [1.82, 2.24) is 9.47 Å². The van der Waals surface area contributed by atoms with Gasteiger partial charge in [0, 0.05) is 25.7 Å². The van der Waals surface area contributed by atoms with Gasteiger partial charge in [0.25, 0.3) is 11.5 Å². The van der Waals surface area contributed by atoms with Crippen molar-refractivity contribution in [1.29, 1.82) is 5.26 Å². The van der Waals surface area contributed by atoms with Crippen LogP contribution in [-0.4, -0.2) is 32.8 Å². The number of rotatable bonds is 4. The van der Waals surface area contributed by atoms with Gasteiger partial charge in [0.15, 0.2) is 0 Å². The first kappa shape index (κ1) is 23.3. The van der Waals surface area contributed by atoms with E-state index in [1.807, 2.05) is 0 Å². The molecule has 4 heterocycles. The van der Waals surface area contributed by atoms with Crippen LogP contribution in [0.3, 0.4) is 0 Å². The average Bonchev–Trinajstić information content (AvgIpc) is 3.36. The number of nitriles is 1. The fourth-order valence-corrected chi connectivity index (χ4v) is 5.99. The standard InChI is InChI=1S/C24H26N4O3S2/c1-14-8-15(2)12-27(11-14)21-18(16(3)19(10-25)22(29)26(21)4)9-20-23(30)28(24(32)33-20)13-17-6-5-7-31-17/h5-7,9,14-15H,8,11-13H2,1-4H3/b20-9+. The second-order valence-corrected chi connectivity index (χ2v) is 10.6. The van der Waals surface area contributed by atoms with Gasteiger partial charge in [0.2, 0.25) is 0 Å². The molecule has 0 radical (unpaired) electrons. The molecule has 7 nitrogen and oxygen atoms in total. The maximum absolute atomic E-state index is 13.2. The van der Waals surface area contributed by atoms with Gasteiger partial charge in [-0.3, -0.25) is 19.1 Å². The third-order valence-corrected chi connectivity index (χ3v) is 7.56. The second kappa shape index (κ2) is 9.20. The smallest absolute Gasteiger partial charge is 0.270 e. The number of carbonyl (C=O) groups is 1. The highest BCUT2D eigenvalue weighted by atomic mass is 32.2. The molecule has 2 saturated heterocycles. The SMILES string of the molecule is Cc1c(/C=C2/SC(=S)N(Cc3ccco3)C2=O)c(N2CC(C)CC(C)C2)n(C)c(=O)c1C#N. The predicted molar refractivity (Wildman–Crippen MR) is 134 cm³/mol. The van der Waals surface area contributed by atoms with Crippen LogP contribution in [0.4, 0.5) is 5.82 Å². The molecule has 33 heavy (non-hydrogen) atoms. The summed E-state index contributed by atoms with van der Waals surface area (Å²) in [6.07, 6.45) is 4.48. The lowest BCUT2D eigenvalue weighted by atomic mass is 9.91. The van der Waals surface area contributed by atoms with Gasteiger partial charge in [-0.15, -0.1) is 0 Å². The zero-order valence-electron chi connectivity index (χ0n) is 19.1. The normalized spacial score (nSPS) is 22.3.